The van der Waals surface area contributed by atoms with E-state index < -0.39 is 32.5 Å². The van der Waals surface area contributed by atoms with E-state index >= 15 is 0 Å². The Morgan fingerprint density at radius 2 is 1.73 bits per heavy atom. The molecule has 0 saturated carbocycles. The first kappa shape index (κ1) is 22.4. The van der Waals surface area contributed by atoms with E-state index in [1.54, 1.807) is 16.7 Å². The van der Waals surface area contributed by atoms with E-state index in [4.69, 9.17) is 11.6 Å². The fourth-order valence-electron chi connectivity index (χ4n) is 2.95. The van der Waals surface area contributed by atoms with E-state index in [1.165, 1.54) is 36.4 Å². The molecule has 4 rings (SSSR count). The van der Waals surface area contributed by atoms with Crippen molar-refractivity contribution in [3.63, 3.8) is 0 Å². The van der Waals surface area contributed by atoms with Gasteiger partial charge in [0, 0.05) is 23.6 Å². The number of benzene rings is 2. The number of amides is 1. The molecule has 168 valence electrons. The Balaban J connectivity index is 1.43. The molecule has 0 spiro atoms. The molecule has 0 unspecified atom stereocenters. The van der Waals surface area contributed by atoms with E-state index in [9.17, 15) is 22.0 Å². The summed E-state index contributed by atoms with van der Waals surface area (Å²) in [6, 6.07) is 13.5. The van der Waals surface area contributed by atoms with Crippen molar-refractivity contribution in [2.24, 2.45) is 0 Å². The van der Waals surface area contributed by atoms with Crippen LogP contribution in [0.1, 0.15) is 5.69 Å². The predicted molar refractivity (Wildman–Crippen MR) is 121 cm³/mol. The first-order chi connectivity index (χ1) is 15.7. The number of rotatable bonds is 6. The van der Waals surface area contributed by atoms with Gasteiger partial charge >= 0.3 is 0 Å². The average molecular weight is 489 g/mol. The number of imidazole rings is 1. The molecular formula is C22H15ClF2N4O3S. The standard InChI is InChI=1S/C22H15ClF2N4O3S/c23-22-19(29-12-2-1-3-20(29)27-22)10-11-21(30)26-14-4-6-15(7-5-14)28-33(31,32)16-8-9-17(24)18(25)13-16/h1-13,28H,(H,26,30)/b11-10+. The summed E-state index contributed by atoms with van der Waals surface area (Å²) in [6.07, 6.45) is 4.59. The molecule has 2 aromatic carbocycles. The molecule has 7 nitrogen and oxygen atoms in total. The molecule has 1 amide bonds. The second-order valence-corrected chi connectivity index (χ2v) is 8.84. The van der Waals surface area contributed by atoms with Crippen molar-refractivity contribution >= 4 is 50.6 Å². The molecule has 0 radical (unpaired) electrons. The predicted octanol–water partition coefficient (Wildman–Crippen LogP) is 4.72. The van der Waals surface area contributed by atoms with Crippen LogP contribution in [0.3, 0.4) is 0 Å². The molecule has 33 heavy (non-hydrogen) atoms. The number of aromatic nitrogens is 2. The number of hydrogen-bond acceptors (Lipinski definition) is 4. The fraction of sp³-hybridized carbons (Fsp3) is 0. The van der Waals surface area contributed by atoms with Gasteiger partial charge in [0.15, 0.2) is 16.8 Å². The highest BCUT2D eigenvalue weighted by molar-refractivity contribution is 7.92. The number of fused-ring (bicyclic) bond motifs is 1. The van der Waals surface area contributed by atoms with Crippen molar-refractivity contribution in [1.82, 2.24) is 9.38 Å². The summed E-state index contributed by atoms with van der Waals surface area (Å²) in [7, 11) is -4.12. The Kier molecular flexibility index (Phi) is 6.12. The molecule has 0 aliphatic carbocycles. The van der Waals surface area contributed by atoms with Gasteiger partial charge in [-0.25, -0.2) is 22.2 Å². The van der Waals surface area contributed by atoms with Crippen LogP contribution < -0.4 is 10.0 Å². The van der Waals surface area contributed by atoms with E-state index in [0.717, 1.165) is 12.1 Å². The van der Waals surface area contributed by atoms with Gasteiger partial charge in [-0.1, -0.05) is 17.7 Å². The largest absolute Gasteiger partial charge is 0.323 e. The van der Waals surface area contributed by atoms with Gasteiger partial charge in [0.1, 0.15) is 5.65 Å². The third kappa shape index (κ3) is 5.02. The van der Waals surface area contributed by atoms with Gasteiger partial charge < -0.3 is 5.32 Å². The van der Waals surface area contributed by atoms with Gasteiger partial charge in [-0.15, -0.1) is 0 Å². The summed E-state index contributed by atoms with van der Waals surface area (Å²) in [5.41, 5.74) is 1.77. The third-order valence-corrected chi connectivity index (χ3v) is 6.18. The van der Waals surface area contributed by atoms with Crippen LogP contribution >= 0.6 is 11.6 Å². The van der Waals surface area contributed by atoms with Crippen LogP contribution in [-0.4, -0.2) is 23.7 Å². The van der Waals surface area contributed by atoms with E-state index in [1.807, 2.05) is 12.1 Å². The summed E-state index contributed by atoms with van der Waals surface area (Å²) in [5.74, 6) is -2.85. The van der Waals surface area contributed by atoms with Gasteiger partial charge in [0.2, 0.25) is 5.91 Å². The quantitative estimate of drug-likeness (QED) is 0.384. The SMILES string of the molecule is O=C(/C=C/c1c(Cl)nc2ccccn12)Nc1ccc(NS(=O)(=O)c2ccc(F)c(F)c2)cc1. The Hall–Kier alpha value is -3.76. The lowest BCUT2D eigenvalue weighted by molar-refractivity contribution is -0.111. The van der Waals surface area contributed by atoms with Crippen LogP contribution in [0.15, 0.2) is 77.8 Å². The van der Waals surface area contributed by atoms with Crippen molar-refractivity contribution in [2.45, 2.75) is 4.90 Å². The summed E-state index contributed by atoms with van der Waals surface area (Å²) >= 11 is 6.13. The summed E-state index contributed by atoms with van der Waals surface area (Å²) in [5, 5.41) is 2.89. The van der Waals surface area contributed by atoms with Crippen molar-refractivity contribution < 1.29 is 22.0 Å². The van der Waals surface area contributed by atoms with E-state index in [0.29, 0.717) is 23.1 Å². The fourth-order valence-corrected chi connectivity index (χ4v) is 4.26. The van der Waals surface area contributed by atoms with Crippen LogP contribution in [-0.2, 0) is 14.8 Å². The Bertz CT molecular complexity index is 1490. The zero-order valence-corrected chi connectivity index (χ0v) is 18.2. The van der Waals surface area contributed by atoms with Gasteiger partial charge in [0.05, 0.1) is 10.6 Å². The van der Waals surface area contributed by atoms with Crippen molar-refractivity contribution in [3.05, 3.63) is 95.4 Å². The second-order valence-electron chi connectivity index (χ2n) is 6.80. The Labute approximate surface area is 192 Å². The molecular weight excluding hydrogens is 474 g/mol. The maximum atomic E-state index is 13.3. The molecule has 2 aromatic heterocycles. The normalized spacial score (nSPS) is 11.7. The van der Waals surface area contributed by atoms with Gasteiger partial charge in [-0.05, 0) is 60.7 Å². The summed E-state index contributed by atoms with van der Waals surface area (Å²) in [6.45, 7) is 0. The maximum Gasteiger partial charge on any atom is 0.261 e. The zero-order chi connectivity index (χ0) is 23.6. The second kappa shape index (κ2) is 9.00. The first-order valence-electron chi connectivity index (χ1n) is 9.42. The topological polar surface area (TPSA) is 92.6 Å². The average Bonchev–Trinajstić information content (AvgIpc) is 3.10. The number of nitrogens with zero attached hydrogens (tertiary/aromatic N) is 2. The van der Waals surface area contributed by atoms with Crippen LogP contribution in [0, 0.1) is 11.6 Å². The molecule has 11 heteroatoms. The van der Waals surface area contributed by atoms with Crippen molar-refractivity contribution in [3.8, 4) is 0 Å². The molecule has 0 aliphatic rings. The van der Waals surface area contributed by atoms with Crippen molar-refractivity contribution in [1.29, 1.82) is 0 Å². The van der Waals surface area contributed by atoms with E-state index in [-0.39, 0.29) is 10.8 Å². The number of sulfonamides is 1. The lowest BCUT2D eigenvalue weighted by Crippen LogP contribution is -2.13. The summed E-state index contributed by atoms with van der Waals surface area (Å²) in [4.78, 5) is 16.0. The lowest BCUT2D eigenvalue weighted by atomic mass is 10.3. The summed E-state index contributed by atoms with van der Waals surface area (Å²) < 4.78 is 55.1. The van der Waals surface area contributed by atoms with Gasteiger partial charge in [-0.3, -0.25) is 13.9 Å². The molecule has 0 atom stereocenters. The Morgan fingerprint density at radius 3 is 2.45 bits per heavy atom. The maximum absolute atomic E-state index is 13.3. The highest BCUT2D eigenvalue weighted by Crippen LogP contribution is 2.21. The number of carbonyl (C=O) groups excluding carboxylic acids is 1. The minimum Gasteiger partial charge on any atom is -0.323 e. The molecule has 0 fully saturated rings. The highest BCUT2D eigenvalue weighted by Gasteiger charge is 2.16. The van der Waals surface area contributed by atoms with Crippen LogP contribution in [0.2, 0.25) is 5.15 Å². The number of anilines is 2. The zero-order valence-electron chi connectivity index (χ0n) is 16.7. The number of pyridine rings is 1. The third-order valence-electron chi connectivity index (χ3n) is 4.52. The van der Waals surface area contributed by atoms with E-state index in [2.05, 4.69) is 15.0 Å². The Morgan fingerprint density at radius 1 is 1.00 bits per heavy atom. The van der Waals surface area contributed by atoms with Crippen molar-refractivity contribution in [2.75, 3.05) is 10.0 Å². The molecule has 0 bridgehead atoms. The number of carbonyl (C=O) groups is 1. The number of nitrogens with one attached hydrogen (secondary N) is 2. The number of hydrogen-bond donors (Lipinski definition) is 2. The molecule has 2 heterocycles. The first-order valence-corrected chi connectivity index (χ1v) is 11.3. The molecule has 0 aliphatic heterocycles. The smallest absolute Gasteiger partial charge is 0.261 e. The minimum atomic E-state index is -4.12. The molecule has 0 saturated heterocycles. The monoisotopic (exact) mass is 488 g/mol. The van der Waals surface area contributed by atoms with Gasteiger partial charge in [-0.2, -0.15) is 0 Å². The van der Waals surface area contributed by atoms with Gasteiger partial charge in [0.25, 0.3) is 10.0 Å². The highest BCUT2D eigenvalue weighted by atomic mass is 35.5. The van der Waals surface area contributed by atoms with Crippen LogP contribution in [0.4, 0.5) is 20.2 Å². The molecule has 2 N–H and O–H groups in total. The van der Waals surface area contributed by atoms with Crippen LogP contribution in [0.5, 0.6) is 0 Å². The molecule has 4 aromatic rings. The lowest BCUT2D eigenvalue weighted by Gasteiger charge is -2.09. The van der Waals surface area contributed by atoms with Crippen LogP contribution in [0.25, 0.3) is 11.7 Å². The number of halogens is 3. The minimum absolute atomic E-state index is 0.172.